The van der Waals surface area contributed by atoms with Crippen molar-refractivity contribution in [3.63, 3.8) is 0 Å². The third-order valence-electron chi connectivity index (χ3n) is 16.1. The molecule has 0 rings (SSSR count). The zero-order valence-corrected chi connectivity index (χ0v) is 59.5. The number of unbranched alkanes of at least 4 members (excludes halogenated alkanes) is 34. The molecule has 0 radical (unpaired) electrons. The number of carbonyl (C=O) groups excluding carboxylic acids is 1. The minimum absolute atomic E-state index is 0.0494. The van der Waals surface area contributed by atoms with Crippen molar-refractivity contribution in [3.8, 4) is 0 Å². The maximum Gasteiger partial charge on any atom is 0.472 e. The minimum atomic E-state index is -4.37. The van der Waals surface area contributed by atoms with Gasteiger partial charge in [0.1, 0.15) is 13.2 Å². The van der Waals surface area contributed by atoms with Crippen molar-refractivity contribution in [1.29, 1.82) is 0 Å². The first-order valence-electron chi connectivity index (χ1n) is 37.1. The molecule has 0 aliphatic rings. The molecule has 0 aromatic heterocycles. The van der Waals surface area contributed by atoms with Crippen LogP contribution in [0.2, 0.25) is 0 Å². The highest BCUT2D eigenvalue weighted by Gasteiger charge is 2.28. The van der Waals surface area contributed by atoms with Crippen LogP contribution in [0.15, 0.2) is 134 Å². The Hall–Kier alpha value is -3.36. The van der Waals surface area contributed by atoms with Gasteiger partial charge < -0.3 is 19.8 Å². The molecule has 1 amide bonds. The molecular formula is C80H142N2O6P+. The molecule has 0 spiro atoms. The summed E-state index contributed by atoms with van der Waals surface area (Å²) in [7, 11) is 1.54. The van der Waals surface area contributed by atoms with Gasteiger partial charge in [0.2, 0.25) is 5.91 Å². The van der Waals surface area contributed by atoms with E-state index in [0.29, 0.717) is 17.4 Å². The zero-order chi connectivity index (χ0) is 64.8. The first-order valence-corrected chi connectivity index (χ1v) is 38.6. The van der Waals surface area contributed by atoms with Gasteiger partial charge in [-0.1, -0.05) is 334 Å². The Morgan fingerprint density at radius 3 is 1.03 bits per heavy atom. The molecule has 0 fully saturated rings. The lowest BCUT2D eigenvalue weighted by atomic mass is 10.0. The molecule has 0 bridgehead atoms. The van der Waals surface area contributed by atoms with E-state index >= 15 is 0 Å². The molecule has 0 aliphatic carbocycles. The van der Waals surface area contributed by atoms with Crippen LogP contribution in [0.3, 0.4) is 0 Å². The van der Waals surface area contributed by atoms with Gasteiger partial charge in [-0.2, -0.15) is 0 Å². The molecule has 0 aromatic rings. The van der Waals surface area contributed by atoms with Crippen LogP contribution in [-0.2, 0) is 18.4 Å². The van der Waals surface area contributed by atoms with Gasteiger partial charge in [-0.3, -0.25) is 13.8 Å². The highest BCUT2D eigenvalue weighted by atomic mass is 31.2. The summed E-state index contributed by atoms with van der Waals surface area (Å²) in [4.78, 5) is 23.4. The predicted molar refractivity (Wildman–Crippen MR) is 391 cm³/mol. The van der Waals surface area contributed by atoms with E-state index in [2.05, 4.69) is 141 Å². The smallest absolute Gasteiger partial charge is 0.387 e. The van der Waals surface area contributed by atoms with Gasteiger partial charge in [0, 0.05) is 6.42 Å². The number of phosphoric acid groups is 1. The number of likely N-dealkylation sites (N-methyl/N-ethyl adjacent to an activating group) is 1. The molecule has 0 heterocycles. The summed E-state index contributed by atoms with van der Waals surface area (Å²) in [6, 6.07) is -0.879. The van der Waals surface area contributed by atoms with Crippen LogP contribution in [0.1, 0.15) is 316 Å². The van der Waals surface area contributed by atoms with Crippen LogP contribution in [0.25, 0.3) is 0 Å². The molecule has 512 valence electrons. The Labute approximate surface area is 551 Å². The number of nitrogens with zero attached hydrogens (tertiary/aromatic N) is 1. The minimum Gasteiger partial charge on any atom is -0.387 e. The van der Waals surface area contributed by atoms with Gasteiger partial charge in [0.05, 0.1) is 39.9 Å². The van der Waals surface area contributed by atoms with Crippen LogP contribution in [0, 0.1) is 0 Å². The van der Waals surface area contributed by atoms with E-state index in [9.17, 15) is 19.4 Å². The molecule has 0 saturated carbocycles. The number of amides is 1. The summed E-state index contributed by atoms with van der Waals surface area (Å²) in [6.07, 6.45) is 105. The van der Waals surface area contributed by atoms with Crippen molar-refractivity contribution in [3.05, 3.63) is 134 Å². The quantitative estimate of drug-likeness (QED) is 0.0243. The molecule has 89 heavy (non-hydrogen) atoms. The third kappa shape index (κ3) is 71.9. The van der Waals surface area contributed by atoms with E-state index in [0.717, 1.165) is 96.3 Å². The van der Waals surface area contributed by atoms with Gasteiger partial charge in [-0.05, 0) is 109 Å². The molecule has 3 atom stereocenters. The van der Waals surface area contributed by atoms with Gasteiger partial charge in [-0.25, -0.2) is 4.57 Å². The van der Waals surface area contributed by atoms with Crippen molar-refractivity contribution in [1.82, 2.24) is 5.32 Å². The number of phosphoric ester groups is 1. The molecular weight excluding hydrogens is 1120 g/mol. The molecule has 0 aliphatic heterocycles. The van der Waals surface area contributed by atoms with Gasteiger partial charge in [-0.15, -0.1) is 0 Å². The van der Waals surface area contributed by atoms with Crippen LogP contribution < -0.4 is 5.32 Å². The zero-order valence-electron chi connectivity index (χ0n) is 58.6. The first-order chi connectivity index (χ1) is 43.5. The Kier molecular flexibility index (Phi) is 66.4. The molecule has 9 heteroatoms. The monoisotopic (exact) mass is 1260 g/mol. The highest BCUT2D eigenvalue weighted by molar-refractivity contribution is 7.47. The van der Waals surface area contributed by atoms with Gasteiger partial charge in [0.15, 0.2) is 0 Å². The average Bonchev–Trinajstić information content (AvgIpc) is 3.61. The lowest BCUT2D eigenvalue weighted by molar-refractivity contribution is -0.870. The van der Waals surface area contributed by atoms with E-state index in [4.69, 9.17) is 9.05 Å². The SMILES string of the molecule is CC/C=C\C/C=C\C/C=C\C/C=C\C/C=C\C/C=C\C/C=C\C/C=C\CCCCCCCCCCCCCCCCCCC(=O)NC(COP(=O)(O)OCC[N+](C)(C)C)C(O)/C=C/CC/C=C/CC/C=C/CCCCCCCCCCCCCCCCCC. The lowest BCUT2D eigenvalue weighted by Crippen LogP contribution is -2.45. The van der Waals surface area contributed by atoms with Crippen molar-refractivity contribution in [2.24, 2.45) is 0 Å². The van der Waals surface area contributed by atoms with E-state index in [1.165, 1.54) is 199 Å². The molecule has 8 nitrogen and oxygen atoms in total. The number of nitrogens with one attached hydrogen (secondary N) is 1. The largest absolute Gasteiger partial charge is 0.472 e. The first kappa shape index (κ1) is 85.6. The number of aliphatic hydroxyl groups excluding tert-OH is 1. The summed E-state index contributed by atoms with van der Waals surface area (Å²) in [5.41, 5.74) is 0. The summed E-state index contributed by atoms with van der Waals surface area (Å²) in [5.74, 6) is -0.192. The van der Waals surface area contributed by atoms with Crippen LogP contribution in [0.4, 0.5) is 0 Å². The number of quaternary nitrogens is 1. The maximum absolute atomic E-state index is 13.1. The lowest BCUT2D eigenvalue weighted by Gasteiger charge is -2.25. The molecule has 0 saturated heterocycles. The second-order valence-corrected chi connectivity index (χ2v) is 27.4. The Balaban J connectivity index is 4.08. The number of allylic oxidation sites excluding steroid dienone is 21. The van der Waals surface area contributed by atoms with Crippen LogP contribution in [-0.4, -0.2) is 73.4 Å². The Morgan fingerprint density at radius 1 is 0.393 bits per heavy atom. The number of hydrogen-bond acceptors (Lipinski definition) is 5. The normalized spacial score (nSPS) is 14.4. The number of rotatable bonds is 67. The highest BCUT2D eigenvalue weighted by Crippen LogP contribution is 2.43. The second-order valence-electron chi connectivity index (χ2n) is 25.9. The predicted octanol–water partition coefficient (Wildman–Crippen LogP) is 24.2. The Morgan fingerprint density at radius 2 is 0.685 bits per heavy atom. The van der Waals surface area contributed by atoms with Crippen LogP contribution >= 0.6 is 7.82 Å². The number of hydrogen-bond donors (Lipinski definition) is 3. The fraction of sp³-hybridized carbons (Fsp3) is 0.713. The van der Waals surface area contributed by atoms with E-state index < -0.39 is 20.0 Å². The average molecular weight is 1260 g/mol. The molecule has 3 N–H and O–H groups in total. The molecule has 0 aromatic carbocycles. The maximum atomic E-state index is 13.1. The number of carbonyl (C=O) groups is 1. The van der Waals surface area contributed by atoms with Crippen molar-refractivity contribution >= 4 is 13.7 Å². The van der Waals surface area contributed by atoms with E-state index in [1.807, 2.05) is 27.2 Å². The summed E-state index contributed by atoms with van der Waals surface area (Å²) >= 11 is 0. The summed E-state index contributed by atoms with van der Waals surface area (Å²) in [5, 5.41) is 14.0. The van der Waals surface area contributed by atoms with Crippen LogP contribution in [0.5, 0.6) is 0 Å². The van der Waals surface area contributed by atoms with Gasteiger partial charge in [0.25, 0.3) is 0 Å². The third-order valence-corrected chi connectivity index (χ3v) is 17.1. The second kappa shape index (κ2) is 69.0. The molecule has 3 unspecified atom stereocenters. The topological polar surface area (TPSA) is 105 Å². The fourth-order valence-corrected chi connectivity index (χ4v) is 11.1. The van der Waals surface area contributed by atoms with Crippen molar-refractivity contribution in [2.45, 2.75) is 328 Å². The van der Waals surface area contributed by atoms with Crippen molar-refractivity contribution in [2.75, 3.05) is 40.9 Å². The standard InChI is InChI=1S/C80H141N2O6P/c1-6-8-10-12-14-16-18-20-22-24-26-28-30-32-34-35-36-37-38-39-40-41-42-43-44-45-46-47-48-50-52-54-56-58-60-62-64-66-68-70-72-74-80(84)81-78(77-88-89(85,86)87-76-75-82(3,4)5)79(83)73-71-69-67-65-63-61-59-57-55-53-51-49-33-31-29-27-25-23-21-19-17-15-13-11-9-7-2/h8,10,14,16,20,22,26,28,32,34,36-37,39-40,42-43,55,57,63,65,71,73,78-79,83H,6-7,9,11-13,15,17-19,21,23-25,27,29-31,33,35,38,41,44-54,56,58-62,64,66-70,72,74-77H2,1-5H3,(H-,81,84,85,86)/p+1/b10-8-,16-14-,22-20-,28-26-,34-32-,37-36-,40-39-,43-42-,57-55+,65-63+,73-71+. The van der Waals surface area contributed by atoms with E-state index in [1.54, 1.807) is 6.08 Å². The summed E-state index contributed by atoms with van der Waals surface area (Å²) in [6.45, 7) is 4.69. The fourth-order valence-electron chi connectivity index (χ4n) is 10.4. The summed E-state index contributed by atoms with van der Waals surface area (Å²) < 4.78 is 23.8. The van der Waals surface area contributed by atoms with Crippen molar-refractivity contribution < 1.29 is 32.9 Å². The van der Waals surface area contributed by atoms with E-state index in [-0.39, 0.29) is 19.1 Å². The number of aliphatic hydroxyl groups is 1. The Bertz CT molecular complexity index is 1920. The van der Waals surface area contributed by atoms with Gasteiger partial charge >= 0.3 is 7.82 Å².